The van der Waals surface area contributed by atoms with E-state index >= 15 is 0 Å². The maximum atomic E-state index is 10.4. The molecule has 17 heavy (non-hydrogen) atoms. The van der Waals surface area contributed by atoms with E-state index in [0.29, 0.717) is 5.95 Å². The van der Waals surface area contributed by atoms with Crippen molar-refractivity contribution < 1.29 is 4.92 Å². The number of hydrogen-bond acceptors (Lipinski definition) is 6. The van der Waals surface area contributed by atoms with Gasteiger partial charge in [-0.1, -0.05) is 0 Å². The Balaban J connectivity index is 1.93. The fourth-order valence-electron chi connectivity index (χ4n) is 1.75. The summed E-state index contributed by atoms with van der Waals surface area (Å²) in [4.78, 5) is 17.8. The summed E-state index contributed by atoms with van der Waals surface area (Å²) in [6.07, 6.45) is 4.86. The van der Waals surface area contributed by atoms with Crippen LogP contribution >= 0.6 is 11.8 Å². The van der Waals surface area contributed by atoms with Crippen molar-refractivity contribution in [2.45, 2.75) is 24.5 Å². The highest BCUT2D eigenvalue weighted by Gasteiger charge is 2.29. The van der Waals surface area contributed by atoms with Crippen LogP contribution in [0.25, 0.3) is 0 Å². The maximum absolute atomic E-state index is 10.4. The summed E-state index contributed by atoms with van der Waals surface area (Å²) in [5.41, 5.74) is -0.0861. The molecule has 7 heteroatoms. The van der Waals surface area contributed by atoms with E-state index in [1.807, 2.05) is 11.8 Å². The van der Waals surface area contributed by atoms with E-state index < -0.39 is 4.92 Å². The first-order valence-corrected chi connectivity index (χ1v) is 6.42. The smallest absolute Gasteiger partial charge is 0.305 e. The Bertz CT molecular complexity index is 403. The molecule has 1 fully saturated rings. The average Bonchev–Trinajstić information content (AvgIpc) is 2.75. The fourth-order valence-corrected chi connectivity index (χ4v) is 2.99. The van der Waals surface area contributed by atoms with Gasteiger partial charge in [-0.2, -0.15) is 11.8 Å². The molecule has 0 aromatic carbocycles. The van der Waals surface area contributed by atoms with Crippen LogP contribution in [0.1, 0.15) is 19.8 Å². The largest absolute Gasteiger partial charge is 0.353 e. The minimum Gasteiger partial charge on any atom is -0.353 e. The molecule has 0 spiro atoms. The summed E-state index contributed by atoms with van der Waals surface area (Å²) in [6, 6.07) is 0. The van der Waals surface area contributed by atoms with Gasteiger partial charge in [0.2, 0.25) is 5.95 Å². The van der Waals surface area contributed by atoms with Crippen LogP contribution in [0.5, 0.6) is 0 Å². The zero-order valence-electron chi connectivity index (χ0n) is 9.55. The van der Waals surface area contributed by atoms with E-state index in [2.05, 4.69) is 22.2 Å². The van der Waals surface area contributed by atoms with Crippen molar-refractivity contribution in [3.63, 3.8) is 0 Å². The van der Waals surface area contributed by atoms with Crippen molar-refractivity contribution in [1.82, 2.24) is 9.97 Å². The van der Waals surface area contributed by atoms with Crippen molar-refractivity contribution in [3.05, 3.63) is 22.5 Å². The van der Waals surface area contributed by atoms with Crippen molar-refractivity contribution in [2.75, 3.05) is 17.6 Å². The standard InChI is InChI=1S/C10H14N4O2S/c1-10(3-2-4-17-10)7-13-9-11-5-8(6-12-9)14(15)16/h5-6H,2-4,7H2,1H3,(H,11,12,13). The van der Waals surface area contributed by atoms with Crippen molar-refractivity contribution in [2.24, 2.45) is 0 Å². The Morgan fingerprint density at radius 2 is 2.29 bits per heavy atom. The molecule has 1 unspecified atom stereocenters. The van der Waals surface area contributed by atoms with Gasteiger partial charge in [0.1, 0.15) is 12.4 Å². The molecule has 2 heterocycles. The molecule has 1 aliphatic heterocycles. The van der Waals surface area contributed by atoms with Gasteiger partial charge in [0.15, 0.2) is 0 Å². The van der Waals surface area contributed by atoms with Gasteiger partial charge in [0.25, 0.3) is 0 Å². The summed E-state index contributed by atoms with van der Waals surface area (Å²) in [5.74, 6) is 1.64. The van der Waals surface area contributed by atoms with Gasteiger partial charge >= 0.3 is 5.69 Å². The number of hydrogen-bond donors (Lipinski definition) is 1. The third-order valence-electron chi connectivity index (χ3n) is 2.77. The zero-order valence-corrected chi connectivity index (χ0v) is 10.4. The summed E-state index contributed by atoms with van der Waals surface area (Å²) in [7, 11) is 0. The molecule has 0 radical (unpaired) electrons. The SMILES string of the molecule is CC1(CNc2ncc([N+](=O)[O-])cn2)CCCS1. The molecule has 0 aliphatic carbocycles. The lowest BCUT2D eigenvalue weighted by atomic mass is 10.1. The summed E-state index contributed by atoms with van der Waals surface area (Å²) in [5, 5.41) is 13.6. The second kappa shape index (κ2) is 4.87. The summed E-state index contributed by atoms with van der Waals surface area (Å²) in [6.45, 7) is 3.00. The number of nitro groups is 1. The molecular weight excluding hydrogens is 240 g/mol. The lowest BCUT2D eigenvalue weighted by Gasteiger charge is -2.22. The third-order valence-corrected chi connectivity index (χ3v) is 4.31. The molecule has 1 N–H and O–H groups in total. The molecule has 0 amide bonds. The van der Waals surface area contributed by atoms with Crippen molar-refractivity contribution in [3.8, 4) is 0 Å². The van der Waals surface area contributed by atoms with Gasteiger partial charge in [-0.25, -0.2) is 9.97 Å². The first kappa shape index (κ1) is 12.1. The van der Waals surface area contributed by atoms with Crippen LogP contribution in [0.2, 0.25) is 0 Å². The van der Waals surface area contributed by atoms with Crippen LogP contribution in [0.3, 0.4) is 0 Å². The molecule has 92 valence electrons. The number of rotatable bonds is 4. The Morgan fingerprint density at radius 3 is 2.82 bits per heavy atom. The van der Waals surface area contributed by atoms with Crippen LogP contribution in [-0.2, 0) is 0 Å². The van der Waals surface area contributed by atoms with Gasteiger partial charge in [0.05, 0.1) is 4.92 Å². The maximum Gasteiger partial charge on any atom is 0.305 e. The molecule has 0 bridgehead atoms. The number of anilines is 1. The van der Waals surface area contributed by atoms with Crippen molar-refractivity contribution >= 4 is 23.4 Å². The van der Waals surface area contributed by atoms with Gasteiger partial charge in [0, 0.05) is 11.3 Å². The number of nitrogens with zero attached hydrogens (tertiary/aromatic N) is 3. The second-order valence-electron chi connectivity index (χ2n) is 4.28. The van der Waals surface area contributed by atoms with Crippen LogP contribution < -0.4 is 5.32 Å². The number of nitrogens with one attached hydrogen (secondary N) is 1. The van der Waals surface area contributed by atoms with Crippen LogP contribution in [0, 0.1) is 10.1 Å². The Labute approximate surface area is 103 Å². The van der Waals surface area contributed by atoms with Crippen molar-refractivity contribution in [1.29, 1.82) is 0 Å². The fraction of sp³-hybridized carbons (Fsp3) is 0.600. The molecule has 1 aromatic heterocycles. The molecule has 0 saturated carbocycles. The van der Waals surface area contributed by atoms with Gasteiger partial charge in [-0.05, 0) is 25.5 Å². The summed E-state index contributed by atoms with van der Waals surface area (Å²) >= 11 is 1.95. The topological polar surface area (TPSA) is 81.0 Å². The minimum atomic E-state index is -0.502. The van der Waals surface area contributed by atoms with E-state index in [1.165, 1.54) is 31.0 Å². The van der Waals surface area contributed by atoms with Crippen LogP contribution in [0.15, 0.2) is 12.4 Å². The Kier molecular flexibility index (Phi) is 3.46. The third kappa shape index (κ3) is 3.06. The van der Waals surface area contributed by atoms with E-state index in [0.717, 1.165) is 6.54 Å². The second-order valence-corrected chi connectivity index (χ2v) is 5.96. The highest BCUT2D eigenvalue weighted by Crippen LogP contribution is 2.37. The molecular formula is C10H14N4O2S. The average molecular weight is 254 g/mol. The number of thioether (sulfide) groups is 1. The monoisotopic (exact) mass is 254 g/mol. The van der Waals surface area contributed by atoms with E-state index in [4.69, 9.17) is 0 Å². The Hall–Kier alpha value is -1.37. The lowest BCUT2D eigenvalue weighted by molar-refractivity contribution is -0.385. The van der Waals surface area contributed by atoms with Crippen LogP contribution in [-0.4, -0.2) is 31.9 Å². The van der Waals surface area contributed by atoms with Gasteiger partial charge in [-0.3, -0.25) is 10.1 Å². The minimum absolute atomic E-state index is 0.0861. The molecule has 1 atom stereocenters. The van der Waals surface area contributed by atoms with Crippen LogP contribution in [0.4, 0.5) is 11.6 Å². The van der Waals surface area contributed by atoms with Gasteiger partial charge < -0.3 is 5.32 Å². The first-order valence-electron chi connectivity index (χ1n) is 5.43. The normalized spacial score (nSPS) is 23.6. The van der Waals surface area contributed by atoms with E-state index in [9.17, 15) is 10.1 Å². The predicted octanol–water partition coefficient (Wildman–Crippen LogP) is 2.08. The number of aromatic nitrogens is 2. The molecule has 1 aromatic rings. The summed E-state index contributed by atoms with van der Waals surface area (Å²) < 4.78 is 0.227. The van der Waals surface area contributed by atoms with E-state index in [-0.39, 0.29) is 10.4 Å². The zero-order chi connectivity index (χ0) is 12.3. The molecule has 2 rings (SSSR count). The highest BCUT2D eigenvalue weighted by molar-refractivity contribution is 8.00. The quantitative estimate of drug-likeness (QED) is 0.654. The lowest BCUT2D eigenvalue weighted by Crippen LogP contribution is -2.27. The Morgan fingerprint density at radius 1 is 1.59 bits per heavy atom. The van der Waals surface area contributed by atoms with E-state index in [1.54, 1.807) is 0 Å². The molecule has 1 saturated heterocycles. The first-order chi connectivity index (χ1) is 8.09. The highest BCUT2D eigenvalue weighted by atomic mass is 32.2. The molecule has 1 aliphatic rings. The van der Waals surface area contributed by atoms with Gasteiger partial charge in [-0.15, -0.1) is 0 Å². The molecule has 6 nitrogen and oxygen atoms in total. The predicted molar refractivity (Wildman–Crippen MR) is 67.3 cm³/mol.